The molecule has 1 aliphatic rings. The van der Waals surface area contributed by atoms with E-state index in [1.807, 2.05) is 0 Å². The minimum Gasteiger partial charge on any atom is -0.379 e. The summed E-state index contributed by atoms with van der Waals surface area (Å²) >= 11 is 5.97. The van der Waals surface area contributed by atoms with Gasteiger partial charge < -0.3 is 10.7 Å². The molecule has 0 heterocycles. The van der Waals surface area contributed by atoms with Crippen LogP contribution in [0.4, 0.5) is 15.8 Å². The van der Waals surface area contributed by atoms with E-state index in [2.05, 4.69) is 15.9 Å². The van der Waals surface area contributed by atoms with Crippen LogP contribution in [0.25, 0.3) is 0 Å². The van der Waals surface area contributed by atoms with Gasteiger partial charge in [-0.1, -0.05) is 16.8 Å². The number of aryl methyl sites for hydroxylation is 1. The summed E-state index contributed by atoms with van der Waals surface area (Å²) in [6, 6.07) is 1.56. The Bertz CT molecular complexity index is 505. The number of rotatable bonds is 5. The van der Waals surface area contributed by atoms with Gasteiger partial charge in [0.25, 0.3) is 0 Å². The van der Waals surface area contributed by atoms with E-state index in [9.17, 15) is 9.30 Å². The van der Waals surface area contributed by atoms with Crippen molar-refractivity contribution in [1.29, 1.82) is 0 Å². The molecule has 0 saturated heterocycles. The number of nitroso groups, excluding NO2 is 1. The Kier molecular flexibility index (Phi) is 3.91. The van der Waals surface area contributed by atoms with Crippen molar-refractivity contribution in [3.05, 3.63) is 27.4 Å². The summed E-state index contributed by atoms with van der Waals surface area (Å²) in [5.41, 5.74) is 3.12. The number of anilines is 2. The van der Waals surface area contributed by atoms with E-state index in [4.69, 9.17) is 17.4 Å². The summed E-state index contributed by atoms with van der Waals surface area (Å²) in [6.45, 7) is 1.93. The summed E-state index contributed by atoms with van der Waals surface area (Å²) in [4.78, 5) is 10.9. The first-order valence-electron chi connectivity index (χ1n) is 6.06. The van der Waals surface area contributed by atoms with Crippen molar-refractivity contribution in [1.82, 2.24) is 0 Å². The number of hydrazine groups is 1. The number of hydrogen-bond acceptors (Lipinski definition) is 5. The number of nitrogen functional groups attached to an aromatic ring is 1. The van der Waals surface area contributed by atoms with E-state index in [1.165, 1.54) is 0 Å². The molecule has 7 heteroatoms. The van der Waals surface area contributed by atoms with Crippen LogP contribution in [0.1, 0.15) is 24.8 Å². The van der Waals surface area contributed by atoms with Crippen LogP contribution in [0.2, 0.25) is 5.02 Å². The van der Waals surface area contributed by atoms with Crippen LogP contribution in [-0.2, 0) is 0 Å². The molecule has 104 valence electrons. The first-order valence-corrected chi connectivity index (χ1v) is 6.44. The number of nitrogens with two attached hydrogens (primary N) is 1. The highest BCUT2D eigenvalue weighted by atomic mass is 35.5. The molecular formula is C12H16ClFN4O. The molecule has 19 heavy (non-hydrogen) atoms. The molecule has 0 atom stereocenters. The topological polar surface area (TPSA) is 79.5 Å². The van der Waals surface area contributed by atoms with Crippen molar-refractivity contribution < 1.29 is 4.39 Å². The van der Waals surface area contributed by atoms with Crippen LogP contribution >= 0.6 is 11.6 Å². The lowest BCUT2D eigenvalue weighted by molar-refractivity contribution is 0.266. The van der Waals surface area contributed by atoms with Gasteiger partial charge >= 0.3 is 0 Å². The molecule has 0 radical (unpaired) electrons. The van der Waals surface area contributed by atoms with E-state index < -0.39 is 11.4 Å². The SMILES string of the molecule is Cc1cc(NN)c(NCC2(N=O)CCC2)c(Cl)c1F. The van der Waals surface area contributed by atoms with Gasteiger partial charge in [0.1, 0.15) is 16.4 Å². The first kappa shape index (κ1) is 14.0. The normalized spacial score (nSPS) is 16.6. The third-order valence-electron chi connectivity index (χ3n) is 3.62. The predicted octanol–water partition coefficient (Wildman–Crippen LogP) is 3.17. The molecular weight excluding hydrogens is 271 g/mol. The van der Waals surface area contributed by atoms with Gasteiger partial charge in [0.2, 0.25) is 0 Å². The van der Waals surface area contributed by atoms with Crippen molar-refractivity contribution in [2.24, 2.45) is 11.0 Å². The molecule has 1 aromatic rings. The van der Waals surface area contributed by atoms with Gasteiger partial charge in [0, 0.05) is 6.54 Å². The van der Waals surface area contributed by atoms with Gasteiger partial charge in [-0.15, -0.1) is 0 Å². The van der Waals surface area contributed by atoms with Gasteiger partial charge in [0.15, 0.2) is 0 Å². The number of halogens is 2. The summed E-state index contributed by atoms with van der Waals surface area (Å²) in [5.74, 6) is 4.91. The Morgan fingerprint density at radius 3 is 2.74 bits per heavy atom. The second-order valence-electron chi connectivity index (χ2n) is 4.91. The number of nitrogens with one attached hydrogen (secondary N) is 2. The molecule has 0 spiro atoms. The lowest BCUT2D eigenvalue weighted by Gasteiger charge is -2.35. The van der Waals surface area contributed by atoms with Crippen LogP contribution in [-0.4, -0.2) is 12.1 Å². The first-order chi connectivity index (χ1) is 9.03. The largest absolute Gasteiger partial charge is 0.379 e. The zero-order valence-corrected chi connectivity index (χ0v) is 11.4. The fourth-order valence-corrected chi connectivity index (χ4v) is 2.50. The van der Waals surface area contributed by atoms with Gasteiger partial charge in [-0.25, -0.2) is 4.39 Å². The molecule has 0 amide bonds. The number of benzene rings is 1. The molecule has 5 nitrogen and oxygen atoms in total. The lowest BCUT2D eigenvalue weighted by atomic mass is 9.77. The maximum atomic E-state index is 13.8. The Morgan fingerprint density at radius 2 is 2.26 bits per heavy atom. The van der Waals surface area contributed by atoms with Crippen LogP contribution in [0.5, 0.6) is 0 Å². The van der Waals surface area contributed by atoms with E-state index in [0.717, 1.165) is 19.3 Å². The summed E-state index contributed by atoms with van der Waals surface area (Å²) < 4.78 is 13.8. The van der Waals surface area contributed by atoms with Crippen molar-refractivity contribution in [2.75, 3.05) is 17.3 Å². The smallest absolute Gasteiger partial charge is 0.146 e. The predicted molar refractivity (Wildman–Crippen MR) is 74.8 cm³/mol. The Hall–Kier alpha value is -1.40. The Labute approximate surface area is 115 Å². The zero-order chi connectivity index (χ0) is 14.0. The van der Waals surface area contributed by atoms with Crippen molar-refractivity contribution in [3.8, 4) is 0 Å². The Balaban J connectivity index is 2.24. The van der Waals surface area contributed by atoms with E-state index in [0.29, 0.717) is 23.5 Å². The fraction of sp³-hybridized carbons (Fsp3) is 0.500. The molecule has 0 aliphatic heterocycles. The van der Waals surface area contributed by atoms with E-state index in [1.54, 1.807) is 13.0 Å². The molecule has 0 bridgehead atoms. The highest BCUT2D eigenvalue weighted by molar-refractivity contribution is 6.34. The highest BCUT2D eigenvalue weighted by Gasteiger charge is 2.38. The van der Waals surface area contributed by atoms with Crippen LogP contribution in [0, 0.1) is 17.6 Å². The monoisotopic (exact) mass is 286 g/mol. The summed E-state index contributed by atoms with van der Waals surface area (Å²) in [6.07, 6.45) is 2.45. The molecule has 1 saturated carbocycles. The van der Waals surface area contributed by atoms with Crippen LogP contribution in [0.3, 0.4) is 0 Å². The third kappa shape index (κ3) is 2.50. The van der Waals surface area contributed by atoms with Crippen molar-refractivity contribution in [2.45, 2.75) is 31.7 Å². The Morgan fingerprint density at radius 1 is 1.58 bits per heavy atom. The molecule has 0 unspecified atom stereocenters. The molecule has 2 rings (SSSR count). The van der Waals surface area contributed by atoms with Crippen LogP contribution < -0.4 is 16.6 Å². The number of hydrogen-bond donors (Lipinski definition) is 3. The fourth-order valence-electron chi connectivity index (χ4n) is 2.18. The quantitative estimate of drug-likeness (QED) is 0.441. The minimum absolute atomic E-state index is 0.0340. The van der Waals surface area contributed by atoms with Crippen molar-refractivity contribution >= 4 is 23.0 Å². The zero-order valence-electron chi connectivity index (χ0n) is 10.6. The molecule has 1 aromatic carbocycles. The van der Waals surface area contributed by atoms with Crippen LogP contribution in [0.15, 0.2) is 11.2 Å². The van der Waals surface area contributed by atoms with E-state index >= 15 is 0 Å². The minimum atomic E-state index is -0.601. The van der Waals surface area contributed by atoms with Gasteiger partial charge in [-0.05, 0) is 37.8 Å². The molecule has 4 N–H and O–H groups in total. The maximum absolute atomic E-state index is 13.8. The van der Waals surface area contributed by atoms with E-state index in [-0.39, 0.29) is 5.02 Å². The second kappa shape index (κ2) is 5.30. The third-order valence-corrected chi connectivity index (χ3v) is 3.97. The average molecular weight is 287 g/mol. The van der Waals surface area contributed by atoms with Gasteiger partial charge in [0.05, 0.1) is 11.4 Å². The highest BCUT2D eigenvalue weighted by Crippen LogP contribution is 2.39. The second-order valence-corrected chi connectivity index (χ2v) is 5.29. The standard InChI is InChI=1S/C12H16ClFN4O/c1-7-5-8(17-15)11(9(13)10(7)14)16-6-12(18-19)3-2-4-12/h5,16-17H,2-4,6,15H2,1H3. The lowest BCUT2D eigenvalue weighted by Crippen LogP contribution is -2.41. The molecule has 1 fully saturated rings. The number of nitrogens with zero attached hydrogens (tertiary/aromatic N) is 1. The average Bonchev–Trinajstić information content (AvgIpc) is 2.37. The van der Waals surface area contributed by atoms with Gasteiger partial charge in [-0.2, -0.15) is 4.91 Å². The maximum Gasteiger partial charge on any atom is 0.146 e. The summed E-state index contributed by atoms with van der Waals surface area (Å²) in [7, 11) is 0. The molecule has 1 aliphatic carbocycles. The van der Waals surface area contributed by atoms with Crippen molar-refractivity contribution in [3.63, 3.8) is 0 Å². The van der Waals surface area contributed by atoms with Gasteiger partial charge in [-0.3, -0.25) is 5.84 Å². The molecule has 0 aromatic heterocycles. The summed E-state index contributed by atoms with van der Waals surface area (Å²) in [5, 5.41) is 6.12.